The summed E-state index contributed by atoms with van der Waals surface area (Å²) in [7, 11) is 0. The molecule has 1 aliphatic carbocycles. The Morgan fingerprint density at radius 1 is 1.36 bits per heavy atom. The Morgan fingerprint density at radius 3 is 2.71 bits per heavy atom. The first kappa shape index (κ1) is 9.53. The molecule has 0 aromatic heterocycles. The van der Waals surface area contributed by atoms with E-state index in [1.54, 1.807) is 0 Å². The van der Waals surface area contributed by atoms with Crippen LogP contribution in [0.25, 0.3) is 0 Å². The van der Waals surface area contributed by atoms with Crippen molar-refractivity contribution < 1.29 is 5.11 Å². The van der Waals surface area contributed by atoms with Crippen LogP contribution in [0.3, 0.4) is 0 Å². The summed E-state index contributed by atoms with van der Waals surface area (Å²) in [5, 5.41) is 9.90. The summed E-state index contributed by atoms with van der Waals surface area (Å²) in [6.07, 6.45) is 4.29. The van der Waals surface area contributed by atoms with Crippen molar-refractivity contribution in [1.29, 1.82) is 0 Å². The van der Waals surface area contributed by atoms with Crippen molar-refractivity contribution in [2.45, 2.75) is 31.8 Å². The van der Waals surface area contributed by atoms with E-state index in [4.69, 9.17) is 5.73 Å². The SMILES string of the molecule is Nc1ccccc1C(O)CCC1CC1. The maximum Gasteiger partial charge on any atom is 0.0810 e. The Bertz CT molecular complexity index is 307. The van der Waals surface area contributed by atoms with E-state index in [2.05, 4.69) is 0 Å². The van der Waals surface area contributed by atoms with Crippen molar-refractivity contribution in [2.75, 3.05) is 5.73 Å². The van der Waals surface area contributed by atoms with Crippen LogP contribution in [0.15, 0.2) is 24.3 Å². The molecule has 14 heavy (non-hydrogen) atoms. The van der Waals surface area contributed by atoms with Crippen LogP contribution < -0.4 is 5.73 Å². The fraction of sp³-hybridized carbons (Fsp3) is 0.500. The number of hydrogen-bond acceptors (Lipinski definition) is 2. The molecule has 0 spiro atoms. The van der Waals surface area contributed by atoms with Crippen LogP contribution >= 0.6 is 0 Å². The van der Waals surface area contributed by atoms with Crippen LogP contribution in [-0.2, 0) is 0 Å². The lowest BCUT2D eigenvalue weighted by molar-refractivity contribution is 0.163. The summed E-state index contributed by atoms with van der Waals surface area (Å²) in [6.45, 7) is 0. The van der Waals surface area contributed by atoms with Gasteiger partial charge in [0, 0.05) is 11.3 Å². The predicted octanol–water partition coefficient (Wildman–Crippen LogP) is 2.49. The summed E-state index contributed by atoms with van der Waals surface area (Å²) >= 11 is 0. The Hall–Kier alpha value is -1.02. The minimum Gasteiger partial charge on any atom is -0.398 e. The molecule has 1 fully saturated rings. The van der Waals surface area contributed by atoms with E-state index in [-0.39, 0.29) is 6.10 Å². The number of aliphatic hydroxyl groups excluding tert-OH is 1. The molecule has 0 bridgehead atoms. The smallest absolute Gasteiger partial charge is 0.0810 e. The van der Waals surface area contributed by atoms with Crippen molar-refractivity contribution in [3.63, 3.8) is 0 Å². The monoisotopic (exact) mass is 191 g/mol. The Balaban J connectivity index is 1.95. The number of anilines is 1. The number of para-hydroxylation sites is 1. The summed E-state index contributed by atoms with van der Waals surface area (Å²) in [4.78, 5) is 0. The van der Waals surface area contributed by atoms with Crippen molar-refractivity contribution in [2.24, 2.45) is 5.92 Å². The molecule has 1 aromatic carbocycles. The van der Waals surface area contributed by atoms with Gasteiger partial charge in [-0.2, -0.15) is 0 Å². The molecule has 0 aliphatic heterocycles. The molecule has 1 unspecified atom stereocenters. The molecule has 3 N–H and O–H groups in total. The van der Waals surface area contributed by atoms with Gasteiger partial charge in [-0.25, -0.2) is 0 Å². The quantitative estimate of drug-likeness (QED) is 0.718. The van der Waals surface area contributed by atoms with Crippen LogP contribution in [0.2, 0.25) is 0 Å². The van der Waals surface area contributed by atoms with Gasteiger partial charge in [0.1, 0.15) is 0 Å². The molecule has 0 saturated heterocycles. The van der Waals surface area contributed by atoms with E-state index >= 15 is 0 Å². The Morgan fingerprint density at radius 2 is 2.07 bits per heavy atom. The lowest BCUT2D eigenvalue weighted by Gasteiger charge is -2.12. The van der Waals surface area contributed by atoms with Crippen LogP contribution in [0.5, 0.6) is 0 Å². The third-order valence-electron chi connectivity index (χ3n) is 2.90. The molecule has 76 valence electrons. The number of aliphatic hydroxyl groups is 1. The van der Waals surface area contributed by atoms with Crippen molar-refractivity contribution >= 4 is 5.69 Å². The van der Waals surface area contributed by atoms with E-state index < -0.39 is 0 Å². The van der Waals surface area contributed by atoms with E-state index in [0.717, 1.165) is 24.3 Å². The Labute approximate surface area is 84.7 Å². The number of nitrogen functional groups attached to an aromatic ring is 1. The molecule has 0 radical (unpaired) electrons. The average molecular weight is 191 g/mol. The summed E-state index contributed by atoms with van der Waals surface area (Å²) < 4.78 is 0. The van der Waals surface area contributed by atoms with Crippen LogP contribution in [-0.4, -0.2) is 5.11 Å². The lowest BCUT2D eigenvalue weighted by atomic mass is 10.0. The molecular formula is C12H17NO. The van der Waals surface area contributed by atoms with Crippen LogP contribution in [0, 0.1) is 5.92 Å². The van der Waals surface area contributed by atoms with Crippen molar-refractivity contribution in [1.82, 2.24) is 0 Å². The van der Waals surface area contributed by atoms with Crippen molar-refractivity contribution in [3.05, 3.63) is 29.8 Å². The first-order valence-electron chi connectivity index (χ1n) is 5.30. The largest absolute Gasteiger partial charge is 0.398 e. The maximum absolute atomic E-state index is 9.90. The van der Waals surface area contributed by atoms with E-state index in [1.165, 1.54) is 12.8 Å². The fourth-order valence-corrected chi connectivity index (χ4v) is 1.77. The van der Waals surface area contributed by atoms with Crippen LogP contribution in [0.1, 0.15) is 37.4 Å². The zero-order valence-electron chi connectivity index (χ0n) is 8.32. The second kappa shape index (κ2) is 4.01. The average Bonchev–Trinajstić information content (AvgIpc) is 2.98. The van der Waals surface area contributed by atoms with Crippen molar-refractivity contribution in [3.8, 4) is 0 Å². The maximum atomic E-state index is 9.90. The topological polar surface area (TPSA) is 46.2 Å². The standard InChI is InChI=1S/C12H17NO/c13-11-4-2-1-3-10(11)12(14)8-7-9-5-6-9/h1-4,9,12,14H,5-8,13H2. The van der Waals surface area contributed by atoms with Gasteiger partial charge < -0.3 is 10.8 Å². The third kappa shape index (κ3) is 2.26. The molecule has 0 amide bonds. The normalized spacial score (nSPS) is 18.1. The first-order valence-corrected chi connectivity index (χ1v) is 5.30. The molecule has 2 nitrogen and oxygen atoms in total. The molecule has 2 rings (SSSR count). The highest BCUT2D eigenvalue weighted by Crippen LogP contribution is 2.36. The van der Waals surface area contributed by atoms with E-state index in [0.29, 0.717) is 5.69 Å². The molecule has 1 atom stereocenters. The Kier molecular flexibility index (Phi) is 2.73. The second-order valence-corrected chi connectivity index (χ2v) is 4.17. The summed E-state index contributed by atoms with van der Waals surface area (Å²) in [5.74, 6) is 0.870. The number of nitrogens with two attached hydrogens (primary N) is 1. The van der Waals surface area contributed by atoms with Gasteiger partial charge in [0.15, 0.2) is 0 Å². The van der Waals surface area contributed by atoms with Crippen LogP contribution in [0.4, 0.5) is 5.69 Å². The second-order valence-electron chi connectivity index (χ2n) is 4.17. The lowest BCUT2D eigenvalue weighted by Crippen LogP contribution is -2.02. The molecule has 1 saturated carbocycles. The highest BCUT2D eigenvalue weighted by atomic mass is 16.3. The van der Waals surface area contributed by atoms with E-state index in [9.17, 15) is 5.11 Å². The third-order valence-corrected chi connectivity index (χ3v) is 2.90. The molecule has 2 heteroatoms. The number of rotatable bonds is 4. The highest BCUT2D eigenvalue weighted by Gasteiger charge is 2.22. The van der Waals surface area contributed by atoms with E-state index in [1.807, 2.05) is 24.3 Å². The molecular weight excluding hydrogens is 174 g/mol. The van der Waals surface area contributed by atoms with Gasteiger partial charge in [0.25, 0.3) is 0 Å². The molecule has 1 aliphatic rings. The fourth-order valence-electron chi connectivity index (χ4n) is 1.77. The molecule has 0 heterocycles. The minimum atomic E-state index is -0.378. The first-order chi connectivity index (χ1) is 6.77. The highest BCUT2D eigenvalue weighted by molar-refractivity contribution is 5.47. The van der Waals surface area contributed by atoms with Gasteiger partial charge in [0.05, 0.1) is 6.10 Å². The minimum absolute atomic E-state index is 0.378. The predicted molar refractivity (Wildman–Crippen MR) is 57.8 cm³/mol. The van der Waals surface area contributed by atoms with Gasteiger partial charge >= 0.3 is 0 Å². The zero-order chi connectivity index (χ0) is 9.97. The van der Waals surface area contributed by atoms with Gasteiger partial charge in [-0.1, -0.05) is 31.0 Å². The zero-order valence-corrected chi connectivity index (χ0v) is 8.32. The van der Waals surface area contributed by atoms with Gasteiger partial charge in [-0.3, -0.25) is 0 Å². The summed E-state index contributed by atoms with van der Waals surface area (Å²) in [6, 6.07) is 7.57. The molecule has 1 aromatic rings. The van der Waals surface area contributed by atoms with Gasteiger partial charge in [0.2, 0.25) is 0 Å². The summed E-state index contributed by atoms with van der Waals surface area (Å²) in [5.41, 5.74) is 7.37. The number of hydrogen-bond donors (Lipinski definition) is 2. The van der Waals surface area contributed by atoms with Gasteiger partial charge in [-0.15, -0.1) is 0 Å². The number of benzene rings is 1. The van der Waals surface area contributed by atoms with Gasteiger partial charge in [-0.05, 0) is 24.8 Å².